The Kier molecular flexibility index (Phi) is 2.47. The summed E-state index contributed by atoms with van der Waals surface area (Å²) in [5, 5.41) is 19.4. The van der Waals surface area contributed by atoms with Gasteiger partial charge in [0.05, 0.1) is 11.6 Å². The van der Waals surface area contributed by atoms with Crippen molar-refractivity contribution in [2.45, 2.75) is 19.8 Å². The van der Waals surface area contributed by atoms with Crippen LogP contribution in [0.2, 0.25) is 0 Å². The SMILES string of the molecule is CC1(CC(=O)[O-])Cc2cc(C#N)ccc2C1=O. The Morgan fingerprint density at radius 2 is 2.29 bits per heavy atom. The molecule has 0 amide bonds. The molecule has 86 valence electrons. The summed E-state index contributed by atoms with van der Waals surface area (Å²) in [6.07, 6.45) is 0.0626. The van der Waals surface area contributed by atoms with Gasteiger partial charge in [-0.25, -0.2) is 0 Å². The molecule has 1 aliphatic carbocycles. The summed E-state index contributed by atoms with van der Waals surface area (Å²) in [4.78, 5) is 22.7. The van der Waals surface area contributed by atoms with Gasteiger partial charge < -0.3 is 9.90 Å². The van der Waals surface area contributed by atoms with E-state index in [1.54, 1.807) is 25.1 Å². The number of rotatable bonds is 2. The molecule has 0 saturated heterocycles. The predicted octanol–water partition coefficient (Wildman–Crippen LogP) is 0.443. The fraction of sp³-hybridized carbons (Fsp3) is 0.308. The highest BCUT2D eigenvalue weighted by Crippen LogP contribution is 2.39. The Balaban J connectivity index is 2.42. The van der Waals surface area contributed by atoms with Crippen LogP contribution in [0.1, 0.15) is 34.8 Å². The number of Topliss-reactive ketones (excluding diaryl/α,β-unsaturated/α-hetero) is 1. The van der Waals surface area contributed by atoms with Gasteiger partial charge in [0.25, 0.3) is 0 Å². The molecule has 4 nitrogen and oxygen atoms in total. The second kappa shape index (κ2) is 3.70. The number of carbonyl (C=O) groups excluding carboxylic acids is 2. The molecule has 1 aliphatic rings. The summed E-state index contributed by atoms with van der Waals surface area (Å²) in [6, 6.07) is 6.81. The fourth-order valence-electron chi connectivity index (χ4n) is 2.32. The number of benzene rings is 1. The van der Waals surface area contributed by atoms with E-state index >= 15 is 0 Å². The maximum atomic E-state index is 12.1. The number of carboxylic acids is 1. The van der Waals surface area contributed by atoms with E-state index < -0.39 is 11.4 Å². The Morgan fingerprint density at radius 1 is 1.59 bits per heavy atom. The third kappa shape index (κ3) is 1.80. The van der Waals surface area contributed by atoms with Crippen LogP contribution in [0.25, 0.3) is 0 Å². The average molecular weight is 228 g/mol. The predicted molar refractivity (Wildman–Crippen MR) is 56.9 cm³/mol. The van der Waals surface area contributed by atoms with Gasteiger partial charge in [-0.05, 0) is 36.6 Å². The molecule has 0 N–H and O–H groups in total. The minimum absolute atomic E-state index is 0.179. The normalized spacial score (nSPS) is 22.0. The van der Waals surface area contributed by atoms with Gasteiger partial charge in [-0.2, -0.15) is 5.26 Å². The van der Waals surface area contributed by atoms with Gasteiger partial charge in [0.1, 0.15) is 0 Å². The first-order chi connectivity index (χ1) is 7.96. The zero-order valence-electron chi connectivity index (χ0n) is 9.32. The number of nitriles is 1. The second-order valence-electron chi connectivity index (χ2n) is 4.60. The molecular formula is C13H10NO3-. The molecule has 0 saturated carbocycles. The molecule has 0 aromatic heterocycles. The first-order valence-corrected chi connectivity index (χ1v) is 5.24. The molecule has 1 aromatic carbocycles. The largest absolute Gasteiger partial charge is 0.550 e. The third-order valence-corrected chi connectivity index (χ3v) is 3.14. The van der Waals surface area contributed by atoms with E-state index in [1.807, 2.05) is 6.07 Å². The Bertz CT molecular complexity index is 556. The molecule has 0 radical (unpaired) electrons. The van der Waals surface area contributed by atoms with Crippen LogP contribution in [0.3, 0.4) is 0 Å². The van der Waals surface area contributed by atoms with Crippen molar-refractivity contribution in [3.63, 3.8) is 0 Å². The number of hydrogen-bond donors (Lipinski definition) is 0. The first-order valence-electron chi connectivity index (χ1n) is 5.24. The van der Waals surface area contributed by atoms with E-state index in [1.165, 1.54) is 0 Å². The highest BCUT2D eigenvalue weighted by atomic mass is 16.4. The highest BCUT2D eigenvalue weighted by Gasteiger charge is 2.41. The lowest BCUT2D eigenvalue weighted by Crippen LogP contribution is -2.34. The summed E-state index contributed by atoms with van der Waals surface area (Å²) in [5.74, 6) is -1.41. The van der Waals surface area contributed by atoms with Crippen molar-refractivity contribution in [2.24, 2.45) is 5.41 Å². The molecule has 0 aliphatic heterocycles. The van der Waals surface area contributed by atoms with Gasteiger partial charge in [-0.15, -0.1) is 0 Å². The first kappa shape index (κ1) is 11.3. The van der Waals surface area contributed by atoms with Crippen molar-refractivity contribution in [3.05, 3.63) is 34.9 Å². The van der Waals surface area contributed by atoms with Crippen LogP contribution in [-0.4, -0.2) is 11.8 Å². The van der Waals surface area contributed by atoms with Crippen molar-refractivity contribution < 1.29 is 14.7 Å². The molecular weight excluding hydrogens is 218 g/mol. The van der Waals surface area contributed by atoms with Crippen molar-refractivity contribution in [3.8, 4) is 6.07 Å². The van der Waals surface area contributed by atoms with Gasteiger partial charge >= 0.3 is 0 Å². The molecule has 4 heteroatoms. The standard InChI is InChI=1S/C13H11NO3/c1-13(6-11(15)16)5-9-4-8(7-14)2-3-10(9)12(13)17/h2-4H,5-6H2,1H3,(H,15,16)/p-1. The van der Waals surface area contributed by atoms with E-state index in [2.05, 4.69) is 0 Å². The lowest BCUT2D eigenvalue weighted by atomic mass is 9.83. The molecule has 1 unspecified atom stereocenters. The van der Waals surface area contributed by atoms with Crippen molar-refractivity contribution in [1.82, 2.24) is 0 Å². The molecule has 0 fully saturated rings. The lowest BCUT2D eigenvalue weighted by molar-refractivity contribution is -0.307. The Morgan fingerprint density at radius 3 is 2.88 bits per heavy atom. The number of ketones is 1. The Hall–Kier alpha value is -2.15. The molecule has 17 heavy (non-hydrogen) atoms. The summed E-state index contributed by atoms with van der Waals surface area (Å²) < 4.78 is 0. The minimum Gasteiger partial charge on any atom is -0.550 e. The van der Waals surface area contributed by atoms with E-state index in [0.717, 1.165) is 5.56 Å². The van der Waals surface area contributed by atoms with Crippen LogP contribution in [0.4, 0.5) is 0 Å². The monoisotopic (exact) mass is 228 g/mol. The Labute approximate surface area is 98.5 Å². The third-order valence-electron chi connectivity index (χ3n) is 3.14. The van der Waals surface area contributed by atoms with Crippen LogP contribution in [0, 0.1) is 16.7 Å². The minimum atomic E-state index is -1.23. The summed E-state index contributed by atoms with van der Waals surface area (Å²) >= 11 is 0. The van der Waals surface area contributed by atoms with Gasteiger partial charge in [0.2, 0.25) is 0 Å². The highest BCUT2D eigenvalue weighted by molar-refractivity contribution is 6.06. The molecule has 1 atom stereocenters. The topological polar surface area (TPSA) is 81.0 Å². The molecule has 0 heterocycles. The van der Waals surface area contributed by atoms with Crippen molar-refractivity contribution in [2.75, 3.05) is 0 Å². The van der Waals surface area contributed by atoms with E-state index in [-0.39, 0.29) is 12.2 Å². The van der Waals surface area contributed by atoms with E-state index in [4.69, 9.17) is 5.26 Å². The van der Waals surface area contributed by atoms with E-state index in [9.17, 15) is 14.7 Å². The van der Waals surface area contributed by atoms with Gasteiger partial charge in [-0.1, -0.05) is 6.92 Å². The number of aliphatic carboxylic acids is 1. The lowest BCUT2D eigenvalue weighted by Gasteiger charge is -2.21. The van der Waals surface area contributed by atoms with Crippen LogP contribution in [0.5, 0.6) is 0 Å². The van der Waals surface area contributed by atoms with Gasteiger partial charge in [-0.3, -0.25) is 4.79 Å². The van der Waals surface area contributed by atoms with E-state index in [0.29, 0.717) is 17.5 Å². The fourth-order valence-corrected chi connectivity index (χ4v) is 2.32. The van der Waals surface area contributed by atoms with Crippen LogP contribution in [-0.2, 0) is 11.2 Å². The molecule has 2 rings (SSSR count). The van der Waals surface area contributed by atoms with Crippen LogP contribution in [0.15, 0.2) is 18.2 Å². The summed E-state index contributed by atoms with van der Waals surface area (Å²) in [6.45, 7) is 1.62. The quantitative estimate of drug-likeness (QED) is 0.735. The number of fused-ring (bicyclic) bond motifs is 1. The smallest absolute Gasteiger partial charge is 0.169 e. The molecule has 1 aromatic rings. The van der Waals surface area contributed by atoms with Crippen molar-refractivity contribution >= 4 is 11.8 Å². The maximum Gasteiger partial charge on any atom is 0.169 e. The average Bonchev–Trinajstić information content (AvgIpc) is 2.49. The number of hydrogen-bond acceptors (Lipinski definition) is 4. The second-order valence-corrected chi connectivity index (χ2v) is 4.60. The zero-order valence-corrected chi connectivity index (χ0v) is 9.32. The van der Waals surface area contributed by atoms with Crippen LogP contribution >= 0.6 is 0 Å². The van der Waals surface area contributed by atoms with Gasteiger partial charge in [0.15, 0.2) is 5.78 Å². The van der Waals surface area contributed by atoms with Gasteiger partial charge in [0, 0.05) is 16.9 Å². The van der Waals surface area contributed by atoms with Crippen LogP contribution < -0.4 is 5.11 Å². The molecule has 0 spiro atoms. The number of carboxylic acid groups (broad SMARTS) is 1. The summed E-state index contributed by atoms with van der Waals surface area (Å²) in [5.41, 5.74) is 0.815. The molecule has 0 bridgehead atoms. The maximum absolute atomic E-state index is 12.1. The number of nitrogens with zero attached hydrogens (tertiary/aromatic N) is 1. The summed E-state index contributed by atoms with van der Waals surface area (Å²) in [7, 11) is 0. The number of carbonyl (C=O) groups is 2. The zero-order chi connectivity index (χ0) is 12.6. The van der Waals surface area contributed by atoms with Crippen molar-refractivity contribution in [1.29, 1.82) is 5.26 Å².